The largest absolute Gasteiger partial charge is 0.390 e. The molecule has 0 saturated carbocycles. The molecule has 0 spiro atoms. The second kappa shape index (κ2) is 14.3. The highest BCUT2D eigenvalue weighted by atomic mass is 28.3. The fourth-order valence-electron chi connectivity index (χ4n) is 4.01. The highest BCUT2D eigenvalue weighted by molar-refractivity contribution is 6.76. The normalized spacial score (nSPS) is 12.2. The molecule has 0 radical (unpaired) electrons. The van der Waals surface area contributed by atoms with Crippen molar-refractivity contribution >= 4 is 38.0 Å². The molecule has 2 aromatic heterocycles. The highest BCUT2D eigenvalue weighted by Gasteiger charge is 2.14. The quantitative estimate of drug-likeness (QED) is 0.149. The Labute approximate surface area is 234 Å². The van der Waals surface area contributed by atoms with Crippen molar-refractivity contribution in [3.63, 3.8) is 0 Å². The van der Waals surface area contributed by atoms with Crippen LogP contribution in [0.15, 0.2) is 48.5 Å². The van der Waals surface area contributed by atoms with Crippen LogP contribution in [0.3, 0.4) is 0 Å². The summed E-state index contributed by atoms with van der Waals surface area (Å²) in [5.74, 6) is 0. The predicted molar refractivity (Wildman–Crippen MR) is 164 cm³/mol. The van der Waals surface area contributed by atoms with Crippen LogP contribution in [0, 0.1) is 0 Å². The number of ether oxygens (including phenoxy) is 3. The summed E-state index contributed by atoms with van der Waals surface area (Å²) in [5.41, 5.74) is 3.80. The van der Waals surface area contributed by atoms with E-state index in [0.717, 1.165) is 46.8 Å². The molecule has 2 aromatic carbocycles. The van der Waals surface area contributed by atoms with E-state index < -0.39 is 16.1 Å². The summed E-state index contributed by atoms with van der Waals surface area (Å²) >= 11 is 0. The second-order valence-electron chi connectivity index (χ2n) is 12.2. The van der Waals surface area contributed by atoms with Gasteiger partial charge in [-0.25, -0.2) is 9.36 Å². The zero-order valence-corrected chi connectivity index (χ0v) is 26.7. The summed E-state index contributed by atoms with van der Waals surface area (Å²) in [4.78, 5) is 0. The molecular formula is C29H46N4O4Si2. The van der Waals surface area contributed by atoms with Crippen LogP contribution in [-0.4, -0.2) is 61.1 Å². The maximum absolute atomic E-state index is 9.32. The SMILES string of the molecule is COCc1nn(COCC[Si](C)(C)C)c2ccccc12.C[Si](C)(C)CCOCn1nc(CO)c2ccccc21. The minimum Gasteiger partial charge on any atom is -0.390 e. The van der Waals surface area contributed by atoms with E-state index in [1.54, 1.807) is 7.11 Å². The number of hydrogen-bond donors (Lipinski definition) is 1. The fraction of sp³-hybridized carbons (Fsp3) is 0.517. The Morgan fingerprint density at radius 2 is 1.13 bits per heavy atom. The first kappa shape index (κ1) is 31.2. The molecule has 4 aromatic rings. The van der Waals surface area contributed by atoms with Crippen LogP contribution in [0.5, 0.6) is 0 Å². The van der Waals surface area contributed by atoms with Crippen molar-refractivity contribution in [3.05, 3.63) is 59.9 Å². The number of aliphatic hydroxyl groups is 1. The van der Waals surface area contributed by atoms with Crippen LogP contribution < -0.4 is 0 Å². The van der Waals surface area contributed by atoms with Crippen molar-refractivity contribution in [2.75, 3.05) is 20.3 Å². The predicted octanol–water partition coefficient (Wildman–Crippen LogP) is 6.34. The number of fused-ring (bicyclic) bond motifs is 2. The fourth-order valence-corrected chi connectivity index (χ4v) is 5.52. The van der Waals surface area contributed by atoms with E-state index in [0.29, 0.717) is 25.8 Å². The van der Waals surface area contributed by atoms with Gasteiger partial charge >= 0.3 is 0 Å². The van der Waals surface area contributed by atoms with E-state index in [1.165, 1.54) is 6.04 Å². The van der Waals surface area contributed by atoms with E-state index in [9.17, 15) is 5.11 Å². The molecule has 0 aliphatic carbocycles. The van der Waals surface area contributed by atoms with Crippen LogP contribution in [-0.2, 0) is 40.9 Å². The summed E-state index contributed by atoms with van der Waals surface area (Å²) in [6.45, 7) is 17.1. The van der Waals surface area contributed by atoms with Gasteiger partial charge in [-0.3, -0.25) is 0 Å². The van der Waals surface area contributed by atoms with Gasteiger partial charge in [-0.05, 0) is 24.2 Å². The molecule has 10 heteroatoms. The van der Waals surface area contributed by atoms with Crippen molar-refractivity contribution in [2.45, 2.75) is 78.0 Å². The van der Waals surface area contributed by atoms with Crippen LogP contribution in [0.2, 0.25) is 51.4 Å². The van der Waals surface area contributed by atoms with Crippen molar-refractivity contribution < 1.29 is 19.3 Å². The number of methoxy groups -OCH3 is 1. The number of aromatic nitrogens is 4. The Hall–Kier alpha value is -2.35. The van der Waals surface area contributed by atoms with Gasteiger partial charge in [-0.15, -0.1) is 0 Å². The second-order valence-corrected chi connectivity index (χ2v) is 23.5. The summed E-state index contributed by atoms with van der Waals surface area (Å²) in [7, 11) is -0.384. The number of aliphatic hydroxyl groups excluding tert-OH is 1. The standard InChI is InChI=1S/C15H24N2O2Si.C14H22N2O2Si/c1-18-11-14-13-7-5-6-8-15(13)17(16-14)12-19-9-10-20(2,3)4;1-19(2,3)9-8-18-11-16-14-7-5-4-6-12(14)13(10-17)15-16/h5-8H,9-12H2,1-4H3;4-7,17H,8-11H2,1-3H3. The molecule has 214 valence electrons. The Morgan fingerprint density at radius 3 is 1.56 bits per heavy atom. The minimum absolute atomic E-state index is 0.0393. The summed E-state index contributed by atoms with van der Waals surface area (Å²) in [5, 5.41) is 20.4. The Bertz CT molecular complexity index is 1310. The monoisotopic (exact) mass is 570 g/mol. The lowest BCUT2D eigenvalue weighted by atomic mass is 10.2. The van der Waals surface area contributed by atoms with Gasteiger partial charge in [0.15, 0.2) is 0 Å². The average Bonchev–Trinajstić information content (AvgIpc) is 3.42. The summed E-state index contributed by atoms with van der Waals surface area (Å²) in [6, 6.07) is 18.5. The van der Waals surface area contributed by atoms with Crippen LogP contribution in [0.25, 0.3) is 21.8 Å². The van der Waals surface area contributed by atoms with E-state index in [1.807, 2.05) is 45.8 Å². The molecule has 0 aliphatic heterocycles. The molecule has 8 nitrogen and oxygen atoms in total. The first-order chi connectivity index (χ1) is 18.5. The number of benzene rings is 2. The molecule has 0 fully saturated rings. The Morgan fingerprint density at radius 1 is 0.692 bits per heavy atom. The van der Waals surface area contributed by atoms with Gasteiger partial charge in [0.05, 0.1) is 35.6 Å². The lowest BCUT2D eigenvalue weighted by molar-refractivity contribution is 0.0804. The van der Waals surface area contributed by atoms with Gasteiger partial charge < -0.3 is 19.3 Å². The van der Waals surface area contributed by atoms with E-state index in [2.05, 4.69) is 61.6 Å². The maximum Gasteiger partial charge on any atom is 0.140 e. The zero-order chi connectivity index (χ0) is 28.5. The molecular weight excluding hydrogens is 525 g/mol. The summed E-state index contributed by atoms with van der Waals surface area (Å²) < 4.78 is 20.5. The first-order valence-corrected chi connectivity index (χ1v) is 21.1. The van der Waals surface area contributed by atoms with Crippen molar-refractivity contribution in [1.29, 1.82) is 0 Å². The third-order valence-electron chi connectivity index (χ3n) is 6.32. The highest BCUT2D eigenvalue weighted by Crippen LogP contribution is 2.20. The molecule has 0 saturated heterocycles. The average molecular weight is 571 g/mol. The minimum atomic E-state index is -1.05. The number of hydrogen-bond acceptors (Lipinski definition) is 6. The third-order valence-corrected chi connectivity index (χ3v) is 9.73. The van der Waals surface area contributed by atoms with Crippen LogP contribution >= 0.6 is 0 Å². The van der Waals surface area contributed by atoms with Crippen molar-refractivity contribution in [1.82, 2.24) is 19.6 Å². The Balaban J connectivity index is 0.000000216. The first-order valence-electron chi connectivity index (χ1n) is 13.7. The topological polar surface area (TPSA) is 83.6 Å². The lowest BCUT2D eigenvalue weighted by Crippen LogP contribution is -2.22. The molecule has 1 N–H and O–H groups in total. The molecule has 0 aliphatic rings. The number of nitrogens with zero attached hydrogens (tertiary/aromatic N) is 4. The van der Waals surface area contributed by atoms with Crippen LogP contribution in [0.1, 0.15) is 11.4 Å². The third kappa shape index (κ3) is 9.66. The molecule has 0 amide bonds. The van der Waals surface area contributed by atoms with Gasteiger partial charge in [0.1, 0.15) is 13.5 Å². The van der Waals surface area contributed by atoms with Crippen molar-refractivity contribution in [2.24, 2.45) is 0 Å². The molecule has 0 bridgehead atoms. The molecule has 0 unspecified atom stereocenters. The Kier molecular flexibility index (Phi) is 11.5. The van der Waals surface area contributed by atoms with E-state index >= 15 is 0 Å². The van der Waals surface area contributed by atoms with Gasteiger partial charge in [0.25, 0.3) is 0 Å². The number of rotatable bonds is 13. The van der Waals surface area contributed by atoms with Crippen molar-refractivity contribution in [3.8, 4) is 0 Å². The van der Waals surface area contributed by atoms with Gasteiger partial charge in [-0.1, -0.05) is 75.7 Å². The summed E-state index contributed by atoms with van der Waals surface area (Å²) in [6.07, 6.45) is 0. The lowest BCUT2D eigenvalue weighted by Gasteiger charge is -2.15. The van der Waals surface area contributed by atoms with Gasteiger partial charge in [-0.2, -0.15) is 10.2 Å². The van der Waals surface area contributed by atoms with E-state index in [-0.39, 0.29) is 6.61 Å². The zero-order valence-electron chi connectivity index (χ0n) is 24.7. The molecule has 2 heterocycles. The number of para-hydroxylation sites is 2. The maximum atomic E-state index is 9.32. The molecule has 4 rings (SSSR count). The van der Waals surface area contributed by atoms with E-state index in [4.69, 9.17) is 14.2 Å². The molecule has 0 atom stereocenters. The smallest absolute Gasteiger partial charge is 0.140 e. The molecule has 39 heavy (non-hydrogen) atoms. The van der Waals surface area contributed by atoms with Gasteiger partial charge in [0, 0.05) is 47.2 Å². The van der Waals surface area contributed by atoms with Gasteiger partial charge in [0.2, 0.25) is 0 Å². The van der Waals surface area contributed by atoms with Crippen LogP contribution in [0.4, 0.5) is 0 Å².